The lowest BCUT2D eigenvalue weighted by molar-refractivity contribution is -0.387. The Kier molecular flexibility index (Phi) is 13.0. The Morgan fingerprint density at radius 1 is 0.703 bits per heavy atom. The molecule has 8 aliphatic rings. The van der Waals surface area contributed by atoms with Crippen LogP contribution in [0.2, 0.25) is 0 Å². The standard InChI is InChI=1S/C47H76O17/c1-21-29(51)31(53)34(56)39(60-21)63-36-30(52)24(49)19-59-40(36)64-37-33(55)32(54)35(38(57)58)62-41(37)61-28-12-13-44(5)25(45(28,6)20-48)11-14-47(8)26(44)10-9-22-23-17-42(2,3)18-27(50)43(23,4)15-16-46(22,47)7/h9,21,23-37,39-41,48-56H,10-20H2,1-8H3,(H,57,58)/t21-,23?,24+,25?,26?,27+,28-,29-,30-,31+,32-,33-,34+,35-,36+,37+,39?,40?,41?,43+,44-,45+,46+,47+/m0/s1. The van der Waals surface area contributed by atoms with Crippen LogP contribution in [0.15, 0.2) is 11.6 Å². The highest BCUT2D eigenvalue weighted by Crippen LogP contribution is 2.76. The second-order valence-corrected chi connectivity index (χ2v) is 23.2. The van der Waals surface area contributed by atoms with Crippen LogP contribution in [0.3, 0.4) is 0 Å². The Morgan fingerprint density at radius 3 is 2.05 bits per heavy atom. The number of carboxylic acid groups (broad SMARTS) is 1. The molecule has 0 aromatic heterocycles. The topological polar surface area (TPSA) is 275 Å². The van der Waals surface area contributed by atoms with Crippen molar-refractivity contribution in [3.05, 3.63) is 11.6 Å². The van der Waals surface area contributed by atoms with E-state index < -0.39 is 110 Å². The maximum Gasteiger partial charge on any atom is 0.335 e. The molecule has 0 aromatic rings. The summed E-state index contributed by atoms with van der Waals surface area (Å²) in [6.07, 6.45) is -14.5. The first-order valence-corrected chi connectivity index (χ1v) is 23.7. The Hall–Kier alpha value is -1.39. The van der Waals surface area contributed by atoms with E-state index in [-0.39, 0.29) is 51.6 Å². The summed E-state index contributed by atoms with van der Waals surface area (Å²) in [5.41, 5.74) is 0.0929. The van der Waals surface area contributed by atoms with E-state index >= 15 is 0 Å². The normalized spacial score (nSPS) is 56.1. The fourth-order valence-corrected chi connectivity index (χ4v) is 14.8. The first-order chi connectivity index (χ1) is 29.8. The minimum atomic E-state index is -2.01. The van der Waals surface area contributed by atoms with Crippen LogP contribution in [-0.4, -0.2) is 168 Å². The van der Waals surface area contributed by atoms with Crippen LogP contribution in [0.4, 0.5) is 0 Å². The Morgan fingerprint density at radius 2 is 1.38 bits per heavy atom. The summed E-state index contributed by atoms with van der Waals surface area (Å²) in [6, 6.07) is 0. The summed E-state index contributed by atoms with van der Waals surface area (Å²) in [5.74, 6) is -1.05. The first kappa shape index (κ1) is 49.0. The lowest BCUT2D eigenvalue weighted by atomic mass is 9.33. The fraction of sp³-hybridized carbons (Fsp3) is 0.936. The molecule has 4 saturated carbocycles. The molecule has 0 amide bonds. The highest BCUT2D eigenvalue weighted by Gasteiger charge is 2.70. The van der Waals surface area contributed by atoms with Gasteiger partial charge in [0, 0.05) is 10.8 Å². The summed E-state index contributed by atoms with van der Waals surface area (Å²) in [5, 5.41) is 109. The number of carbonyl (C=O) groups is 1. The largest absolute Gasteiger partial charge is 0.479 e. The number of ether oxygens (including phenoxy) is 6. The zero-order chi connectivity index (χ0) is 46.9. The van der Waals surface area contributed by atoms with Gasteiger partial charge < -0.3 is 79.5 Å². The van der Waals surface area contributed by atoms with Gasteiger partial charge in [0.2, 0.25) is 0 Å². The molecule has 7 fully saturated rings. The number of aliphatic hydroxyl groups is 9. The minimum Gasteiger partial charge on any atom is -0.479 e. The molecule has 24 atom stereocenters. The molecule has 6 unspecified atom stereocenters. The lowest BCUT2D eigenvalue weighted by Gasteiger charge is -2.72. The van der Waals surface area contributed by atoms with Crippen molar-refractivity contribution in [2.24, 2.45) is 50.2 Å². The van der Waals surface area contributed by atoms with Gasteiger partial charge >= 0.3 is 5.97 Å². The van der Waals surface area contributed by atoms with E-state index in [4.69, 9.17) is 28.4 Å². The molecule has 17 heteroatoms. The van der Waals surface area contributed by atoms with E-state index in [0.29, 0.717) is 18.8 Å². The highest BCUT2D eigenvalue weighted by atomic mass is 16.8. The molecule has 0 radical (unpaired) electrons. The average molecular weight is 913 g/mol. The molecule has 366 valence electrons. The molecular formula is C47H76O17. The van der Waals surface area contributed by atoms with Crippen LogP contribution in [0.1, 0.15) is 113 Å². The molecule has 0 spiro atoms. The number of hydrogen-bond acceptors (Lipinski definition) is 16. The molecule has 3 heterocycles. The maximum atomic E-state index is 12.4. The smallest absolute Gasteiger partial charge is 0.335 e. The van der Waals surface area contributed by atoms with Crippen LogP contribution in [0.25, 0.3) is 0 Å². The summed E-state index contributed by atoms with van der Waals surface area (Å²) < 4.78 is 36.1. The number of aliphatic hydroxyl groups excluding tert-OH is 9. The molecule has 17 nitrogen and oxygen atoms in total. The Balaban J connectivity index is 1.06. The van der Waals surface area contributed by atoms with Crippen molar-refractivity contribution in [2.45, 2.75) is 211 Å². The summed E-state index contributed by atoms with van der Waals surface area (Å²) in [4.78, 5) is 12.4. The second-order valence-electron chi connectivity index (χ2n) is 23.2. The molecule has 64 heavy (non-hydrogen) atoms. The lowest BCUT2D eigenvalue weighted by Crippen LogP contribution is -2.68. The monoisotopic (exact) mass is 913 g/mol. The van der Waals surface area contributed by atoms with E-state index in [1.54, 1.807) is 0 Å². The van der Waals surface area contributed by atoms with Gasteiger partial charge in [0.25, 0.3) is 0 Å². The van der Waals surface area contributed by atoms with Gasteiger partial charge in [0.15, 0.2) is 25.0 Å². The maximum absolute atomic E-state index is 12.4. The first-order valence-electron chi connectivity index (χ1n) is 23.7. The number of aliphatic carboxylic acids is 1. The van der Waals surface area contributed by atoms with Gasteiger partial charge in [-0.05, 0) is 104 Å². The van der Waals surface area contributed by atoms with Crippen LogP contribution in [0.5, 0.6) is 0 Å². The Bertz CT molecular complexity index is 1760. The van der Waals surface area contributed by atoms with E-state index in [1.807, 2.05) is 6.92 Å². The van der Waals surface area contributed by atoms with E-state index in [0.717, 1.165) is 44.9 Å². The summed E-state index contributed by atoms with van der Waals surface area (Å²) in [6.45, 7) is 16.8. The van der Waals surface area contributed by atoms with Crippen molar-refractivity contribution in [1.82, 2.24) is 0 Å². The average Bonchev–Trinajstić information content (AvgIpc) is 3.22. The zero-order valence-electron chi connectivity index (χ0n) is 38.7. The van der Waals surface area contributed by atoms with Crippen LogP contribution in [0, 0.1) is 50.2 Å². The summed E-state index contributed by atoms with van der Waals surface area (Å²) in [7, 11) is 0. The minimum absolute atomic E-state index is 0.0286. The fourth-order valence-electron chi connectivity index (χ4n) is 14.8. The molecule has 3 saturated heterocycles. The van der Waals surface area contributed by atoms with E-state index in [2.05, 4.69) is 47.6 Å². The number of allylic oxidation sites excluding steroid dienone is 2. The molecular weight excluding hydrogens is 837 g/mol. The van der Waals surface area contributed by atoms with Gasteiger partial charge in [-0.15, -0.1) is 0 Å². The van der Waals surface area contributed by atoms with Crippen LogP contribution in [-0.2, 0) is 33.2 Å². The number of rotatable bonds is 8. The van der Waals surface area contributed by atoms with Gasteiger partial charge in [0.1, 0.15) is 54.9 Å². The van der Waals surface area contributed by atoms with Gasteiger partial charge in [-0.2, -0.15) is 0 Å². The quantitative estimate of drug-likeness (QED) is 0.122. The van der Waals surface area contributed by atoms with Crippen molar-refractivity contribution in [2.75, 3.05) is 13.2 Å². The number of carboxylic acids is 1. The Labute approximate surface area is 376 Å². The number of hydrogen-bond donors (Lipinski definition) is 10. The summed E-state index contributed by atoms with van der Waals surface area (Å²) >= 11 is 0. The van der Waals surface area contributed by atoms with Crippen LogP contribution < -0.4 is 0 Å². The van der Waals surface area contributed by atoms with Crippen molar-refractivity contribution >= 4 is 5.97 Å². The molecule has 0 aromatic carbocycles. The van der Waals surface area contributed by atoms with Crippen molar-refractivity contribution in [3.8, 4) is 0 Å². The van der Waals surface area contributed by atoms with Crippen molar-refractivity contribution in [3.63, 3.8) is 0 Å². The van der Waals surface area contributed by atoms with E-state index in [9.17, 15) is 55.9 Å². The molecule has 0 bridgehead atoms. The molecule has 8 rings (SSSR count). The highest BCUT2D eigenvalue weighted by molar-refractivity contribution is 5.73. The van der Waals surface area contributed by atoms with E-state index in [1.165, 1.54) is 12.5 Å². The predicted molar refractivity (Wildman–Crippen MR) is 225 cm³/mol. The van der Waals surface area contributed by atoms with Gasteiger partial charge in [-0.3, -0.25) is 0 Å². The van der Waals surface area contributed by atoms with Crippen molar-refractivity contribution in [1.29, 1.82) is 0 Å². The molecule has 10 N–H and O–H groups in total. The van der Waals surface area contributed by atoms with Gasteiger partial charge in [0.05, 0.1) is 31.5 Å². The molecule has 5 aliphatic carbocycles. The zero-order valence-corrected chi connectivity index (χ0v) is 38.7. The third-order valence-electron chi connectivity index (χ3n) is 19.1. The second kappa shape index (κ2) is 16.9. The predicted octanol–water partition coefficient (Wildman–Crippen LogP) is 1.34. The SMILES string of the molecule is C[C@@H]1OC(O[C@H]2C(O[C@H]3C(O[C@H]4CC[C@@]5(C)C(CC[C@]6(C)C5CC=C5C7CC(C)(C)C[C@@H](O)[C@]7(C)CC[C@]56C)[C@@]4(C)CO)O[C@H](C(=O)O)[C@@H](O)[C@@H]3O)OC[C@@H](O)[C@@H]2O)[C@H](O)[C@H](O)[C@H]1O. The van der Waals surface area contributed by atoms with Gasteiger partial charge in [-0.1, -0.05) is 60.1 Å². The molecule has 3 aliphatic heterocycles. The van der Waals surface area contributed by atoms with Crippen LogP contribution >= 0.6 is 0 Å². The van der Waals surface area contributed by atoms with Crippen molar-refractivity contribution < 1.29 is 84.3 Å². The third-order valence-corrected chi connectivity index (χ3v) is 19.1. The van der Waals surface area contributed by atoms with Gasteiger partial charge in [-0.25, -0.2) is 4.79 Å². The third kappa shape index (κ3) is 7.49. The number of fused-ring (bicyclic) bond motifs is 7.